The molecule has 0 aliphatic heterocycles. The van der Waals surface area contributed by atoms with E-state index < -0.39 is 4.92 Å². The minimum Gasteiger partial charge on any atom is -0.358 e. The molecule has 0 radical (unpaired) electrons. The van der Waals surface area contributed by atoms with E-state index in [1.54, 1.807) is 32.0 Å². The quantitative estimate of drug-likeness (QED) is 0.519. The van der Waals surface area contributed by atoms with E-state index in [1.807, 2.05) is 13.0 Å². The van der Waals surface area contributed by atoms with Crippen LogP contribution in [0.25, 0.3) is 0 Å². The third kappa shape index (κ3) is 4.22. The third-order valence-electron chi connectivity index (χ3n) is 3.16. The highest BCUT2D eigenvalue weighted by Gasteiger charge is 2.15. The van der Waals surface area contributed by atoms with Gasteiger partial charge in [0.1, 0.15) is 6.54 Å². The highest BCUT2D eigenvalue weighted by atomic mass is 16.6. The van der Waals surface area contributed by atoms with E-state index in [4.69, 9.17) is 0 Å². The maximum atomic E-state index is 12.0. The number of carbonyl (C=O) groups is 1. The Morgan fingerprint density at radius 2 is 2.13 bits per heavy atom. The zero-order valence-electron chi connectivity index (χ0n) is 13.1. The Hall–Kier alpha value is -3.03. The number of rotatable bonds is 5. The Morgan fingerprint density at radius 1 is 1.39 bits per heavy atom. The van der Waals surface area contributed by atoms with Gasteiger partial charge in [-0.25, -0.2) is 5.43 Å². The summed E-state index contributed by atoms with van der Waals surface area (Å²) in [5.74, 6) is -0.518. The van der Waals surface area contributed by atoms with Gasteiger partial charge in [-0.3, -0.25) is 4.79 Å². The zero-order chi connectivity index (χ0) is 17.0. The number of hydrazone groups is 1. The fourth-order valence-corrected chi connectivity index (χ4v) is 1.99. The number of nitrogens with one attached hydrogen (secondary N) is 1. The minimum absolute atomic E-state index is 0.209. The number of hydrogen-bond acceptors (Lipinski definition) is 5. The summed E-state index contributed by atoms with van der Waals surface area (Å²) >= 11 is 0. The van der Waals surface area contributed by atoms with E-state index in [0.29, 0.717) is 17.0 Å². The lowest BCUT2D eigenvalue weighted by atomic mass is 10.1. The number of carbonyl (C=O) groups excluding carboxylic acids is 1. The second kappa shape index (κ2) is 6.82. The minimum atomic E-state index is -0.546. The SMILES string of the molecule is C/C(Cn1nc([N+](=O)[O-])cc1C)=N\NC(=O)c1cccc(C)c1. The number of nitro groups is 1. The van der Waals surface area contributed by atoms with Gasteiger partial charge < -0.3 is 10.1 Å². The Balaban J connectivity index is 2.03. The van der Waals surface area contributed by atoms with Gasteiger partial charge in [0.15, 0.2) is 0 Å². The molecule has 8 nitrogen and oxygen atoms in total. The van der Waals surface area contributed by atoms with Crippen LogP contribution in [0.2, 0.25) is 0 Å². The van der Waals surface area contributed by atoms with Gasteiger partial charge in [-0.05, 0) is 37.8 Å². The van der Waals surface area contributed by atoms with Gasteiger partial charge >= 0.3 is 5.82 Å². The predicted molar refractivity (Wildman–Crippen MR) is 85.4 cm³/mol. The number of aryl methyl sites for hydroxylation is 2. The Kier molecular flexibility index (Phi) is 4.85. The van der Waals surface area contributed by atoms with E-state index in [1.165, 1.54) is 10.7 Å². The van der Waals surface area contributed by atoms with Crippen molar-refractivity contribution in [2.45, 2.75) is 27.3 Å². The molecule has 0 atom stereocenters. The Labute approximate surface area is 133 Å². The molecule has 0 unspecified atom stereocenters. The van der Waals surface area contributed by atoms with Crippen molar-refractivity contribution >= 4 is 17.4 Å². The molecule has 2 aromatic rings. The highest BCUT2D eigenvalue weighted by molar-refractivity contribution is 5.95. The molecule has 120 valence electrons. The van der Waals surface area contributed by atoms with Crippen LogP contribution in [0.1, 0.15) is 28.5 Å². The molecule has 1 heterocycles. The van der Waals surface area contributed by atoms with Crippen molar-refractivity contribution in [3.8, 4) is 0 Å². The van der Waals surface area contributed by atoms with E-state index in [0.717, 1.165) is 5.56 Å². The lowest BCUT2D eigenvalue weighted by Crippen LogP contribution is -2.21. The van der Waals surface area contributed by atoms with Gasteiger partial charge in [0, 0.05) is 5.56 Å². The fraction of sp³-hybridized carbons (Fsp3) is 0.267. The van der Waals surface area contributed by atoms with E-state index in [2.05, 4.69) is 15.6 Å². The number of amides is 1. The van der Waals surface area contributed by atoms with Crippen LogP contribution in [0, 0.1) is 24.0 Å². The van der Waals surface area contributed by atoms with Crippen LogP contribution < -0.4 is 5.43 Å². The molecule has 0 bridgehead atoms. The first-order valence-corrected chi connectivity index (χ1v) is 6.96. The van der Waals surface area contributed by atoms with Crippen molar-refractivity contribution in [2.24, 2.45) is 5.10 Å². The molecule has 0 fully saturated rings. The molecule has 0 spiro atoms. The summed E-state index contributed by atoms with van der Waals surface area (Å²) in [6.45, 7) is 5.59. The monoisotopic (exact) mass is 315 g/mol. The van der Waals surface area contributed by atoms with Crippen LogP contribution in [0.15, 0.2) is 35.4 Å². The lowest BCUT2D eigenvalue weighted by molar-refractivity contribution is -0.389. The number of benzene rings is 1. The van der Waals surface area contributed by atoms with Gasteiger partial charge in [0.2, 0.25) is 0 Å². The summed E-state index contributed by atoms with van der Waals surface area (Å²) in [5, 5.41) is 18.6. The van der Waals surface area contributed by atoms with Crippen molar-refractivity contribution in [3.63, 3.8) is 0 Å². The molecular weight excluding hydrogens is 298 g/mol. The molecule has 1 aromatic heterocycles. The van der Waals surface area contributed by atoms with Gasteiger partial charge in [-0.15, -0.1) is 0 Å². The van der Waals surface area contributed by atoms with Gasteiger partial charge in [-0.1, -0.05) is 17.7 Å². The summed E-state index contributed by atoms with van der Waals surface area (Å²) in [7, 11) is 0. The molecule has 0 saturated carbocycles. The molecule has 1 amide bonds. The molecular formula is C15H17N5O3. The van der Waals surface area contributed by atoms with Crippen molar-refractivity contribution < 1.29 is 9.72 Å². The zero-order valence-corrected chi connectivity index (χ0v) is 13.1. The predicted octanol–water partition coefficient (Wildman–Crippen LogP) is 2.21. The largest absolute Gasteiger partial charge is 0.390 e. The van der Waals surface area contributed by atoms with Crippen LogP contribution in [0.4, 0.5) is 5.82 Å². The van der Waals surface area contributed by atoms with E-state index in [-0.39, 0.29) is 18.3 Å². The molecule has 2 rings (SSSR count). The standard InChI is InChI=1S/C15H17N5O3/c1-10-5-4-6-13(7-10)15(21)17-16-11(2)9-19-12(3)8-14(18-19)20(22)23/h4-8H,9H2,1-3H3,(H,17,21)/b16-11+. The van der Waals surface area contributed by atoms with E-state index >= 15 is 0 Å². The third-order valence-corrected chi connectivity index (χ3v) is 3.16. The summed E-state index contributed by atoms with van der Waals surface area (Å²) in [6, 6.07) is 8.56. The van der Waals surface area contributed by atoms with Gasteiger partial charge in [0.25, 0.3) is 5.91 Å². The van der Waals surface area contributed by atoms with Crippen LogP contribution in [0.3, 0.4) is 0 Å². The molecule has 23 heavy (non-hydrogen) atoms. The van der Waals surface area contributed by atoms with Gasteiger partial charge in [-0.2, -0.15) is 9.78 Å². The van der Waals surface area contributed by atoms with Crippen LogP contribution in [-0.4, -0.2) is 26.3 Å². The normalized spacial score (nSPS) is 11.3. The Morgan fingerprint density at radius 3 is 2.74 bits per heavy atom. The van der Waals surface area contributed by atoms with E-state index in [9.17, 15) is 14.9 Å². The second-order valence-electron chi connectivity index (χ2n) is 5.22. The van der Waals surface area contributed by atoms with Crippen molar-refractivity contribution in [2.75, 3.05) is 0 Å². The first-order chi connectivity index (χ1) is 10.9. The maximum Gasteiger partial charge on any atom is 0.390 e. The first kappa shape index (κ1) is 16.3. The molecule has 0 aliphatic carbocycles. The summed E-state index contributed by atoms with van der Waals surface area (Å²) in [6.07, 6.45) is 0. The Bertz CT molecular complexity index is 779. The lowest BCUT2D eigenvalue weighted by Gasteiger charge is -2.03. The molecule has 1 N–H and O–H groups in total. The molecule has 1 aromatic carbocycles. The van der Waals surface area contributed by atoms with Crippen molar-refractivity contribution in [1.29, 1.82) is 0 Å². The topological polar surface area (TPSA) is 102 Å². The van der Waals surface area contributed by atoms with Gasteiger partial charge in [0.05, 0.1) is 22.6 Å². The number of hydrogen-bond donors (Lipinski definition) is 1. The molecule has 0 saturated heterocycles. The summed E-state index contributed by atoms with van der Waals surface area (Å²) < 4.78 is 1.47. The molecule has 0 aliphatic rings. The van der Waals surface area contributed by atoms with Crippen LogP contribution >= 0.6 is 0 Å². The first-order valence-electron chi connectivity index (χ1n) is 6.96. The van der Waals surface area contributed by atoms with Crippen LogP contribution in [0.5, 0.6) is 0 Å². The molecule has 8 heteroatoms. The smallest absolute Gasteiger partial charge is 0.358 e. The average Bonchev–Trinajstić information content (AvgIpc) is 2.86. The van der Waals surface area contributed by atoms with Crippen LogP contribution in [-0.2, 0) is 6.54 Å². The maximum absolute atomic E-state index is 12.0. The number of aromatic nitrogens is 2. The average molecular weight is 315 g/mol. The van der Waals surface area contributed by atoms with Crippen molar-refractivity contribution in [1.82, 2.24) is 15.2 Å². The summed E-state index contributed by atoms with van der Waals surface area (Å²) in [5.41, 5.74) is 5.20. The fourth-order valence-electron chi connectivity index (χ4n) is 1.99. The summed E-state index contributed by atoms with van der Waals surface area (Å²) in [4.78, 5) is 22.1. The van der Waals surface area contributed by atoms with Crippen molar-refractivity contribution in [3.05, 3.63) is 57.3 Å². The number of nitrogens with zero attached hydrogens (tertiary/aromatic N) is 4. The second-order valence-corrected chi connectivity index (χ2v) is 5.22. The highest BCUT2D eigenvalue weighted by Crippen LogP contribution is 2.10.